The molecule has 0 saturated carbocycles. The molecule has 0 spiro atoms. The summed E-state index contributed by atoms with van der Waals surface area (Å²) in [7, 11) is 1.96. The van der Waals surface area contributed by atoms with Crippen LogP contribution in [0.4, 0.5) is 0 Å². The van der Waals surface area contributed by atoms with Gasteiger partial charge in [-0.2, -0.15) is 0 Å². The molecule has 9 heteroatoms. The summed E-state index contributed by atoms with van der Waals surface area (Å²) < 4.78 is 6.84. The van der Waals surface area contributed by atoms with Crippen molar-refractivity contribution in [2.45, 2.75) is 26.4 Å². The van der Waals surface area contributed by atoms with E-state index in [1.54, 1.807) is 27.6 Å². The zero-order valence-corrected chi connectivity index (χ0v) is 18.4. The number of hydrogen-bond acceptors (Lipinski definition) is 7. The van der Waals surface area contributed by atoms with Crippen LogP contribution in [0.3, 0.4) is 0 Å². The van der Waals surface area contributed by atoms with Crippen molar-refractivity contribution in [1.29, 1.82) is 0 Å². The van der Waals surface area contributed by atoms with Crippen LogP contribution < -0.4 is 0 Å². The lowest BCUT2D eigenvalue weighted by Crippen LogP contribution is -2.38. The Bertz CT molecular complexity index is 862. The van der Waals surface area contributed by atoms with Gasteiger partial charge in [0.15, 0.2) is 0 Å². The van der Waals surface area contributed by atoms with Gasteiger partial charge in [-0.25, -0.2) is 0 Å². The molecule has 3 aromatic heterocycles. The molecule has 0 radical (unpaired) electrons. The molecule has 144 valence electrons. The van der Waals surface area contributed by atoms with Crippen molar-refractivity contribution in [3.63, 3.8) is 0 Å². The highest BCUT2D eigenvalue weighted by Gasteiger charge is 2.19. The number of carbonyl (C=O) groups excluding carboxylic acids is 1. The van der Waals surface area contributed by atoms with E-state index in [1.165, 1.54) is 4.88 Å². The van der Waals surface area contributed by atoms with Crippen LogP contribution in [0.5, 0.6) is 0 Å². The Kier molecular flexibility index (Phi) is 7.17. The molecule has 6 nitrogen and oxygen atoms in total. The first-order chi connectivity index (χ1) is 13.0. The average Bonchev–Trinajstić information content (AvgIpc) is 3.36. The van der Waals surface area contributed by atoms with Gasteiger partial charge in [-0.3, -0.25) is 9.69 Å². The van der Waals surface area contributed by atoms with Gasteiger partial charge in [-0.05, 0) is 53.0 Å². The molecule has 3 heterocycles. The minimum absolute atomic E-state index is 0.0610. The summed E-state index contributed by atoms with van der Waals surface area (Å²) in [5, 5.41) is 10.2. The van der Waals surface area contributed by atoms with Gasteiger partial charge in [0.05, 0.1) is 21.8 Å². The maximum Gasteiger partial charge on any atom is 0.257 e. The molecule has 0 bridgehead atoms. The van der Waals surface area contributed by atoms with Crippen molar-refractivity contribution in [2.75, 3.05) is 20.1 Å². The summed E-state index contributed by atoms with van der Waals surface area (Å²) in [6.45, 7) is 4.14. The lowest BCUT2D eigenvalue weighted by atomic mass is 10.3. The number of rotatable bonds is 9. The molecule has 0 unspecified atom stereocenters. The molecular weight excluding hydrogens is 448 g/mol. The van der Waals surface area contributed by atoms with Crippen LogP contribution in [-0.2, 0) is 17.9 Å². The molecule has 0 aliphatic rings. The minimum atomic E-state index is 0.0610. The van der Waals surface area contributed by atoms with Gasteiger partial charge in [0.2, 0.25) is 11.8 Å². The number of thiophene rings is 2. The Morgan fingerprint density at radius 1 is 1.26 bits per heavy atom. The van der Waals surface area contributed by atoms with Crippen LogP contribution in [0.25, 0.3) is 10.8 Å². The molecule has 0 N–H and O–H groups in total. The van der Waals surface area contributed by atoms with Gasteiger partial charge in [-0.15, -0.1) is 32.9 Å². The Balaban J connectivity index is 1.59. The highest BCUT2D eigenvalue weighted by atomic mass is 79.9. The molecule has 0 saturated heterocycles. The van der Waals surface area contributed by atoms with Gasteiger partial charge >= 0.3 is 0 Å². The SMILES string of the molecule is CCCN(Cc1nnc(-c2cccs2)o1)C(=O)CN(C)Cc1ccc(Br)s1. The fourth-order valence-corrected chi connectivity index (χ4v) is 4.84. The third-order valence-electron chi connectivity index (χ3n) is 3.83. The first kappa shape index (κ1) is 20.2. The number of amides is 1. The van der Waals surface area contributed by atoms with Crippen LogP contribution in [0.15, 0.2) is 37.8 Å². The average molecular weight is 469 g/mol. The molecular formula is C18H21BrN4O2S2. The molecule has 0 aliphatic heterocycles. The Morgan fingerprint density at radius 2 is 2.11 bits per heavy atom. The van der Waals surface area contributed by atoms with Gasteiger partial charge in [0, 0.05) is 18.0 Å². The Morgan fingerprint density at radius 3 is 2.78 bits per heavy atom. The summed E-state index contributed by atoms with van der Waals surface area (Å²) >= 11 is 6.71. The number of halogens is 1. The zero-order chi connectivity index (χ0) is 19.2. The van der Waals surface area contributed by atoms with Crippen LogP contribution in [0, 0.1) is 0 Å². The number of nitrogens with zero attached hydrogens (tertiary/aromatic N) is 4. The van der Waals surface area contributed by atoms with E-state index >= 15 is 0 Å². The van der Waals surface area contributed by atoms with E-state index in [0.29, 0.717) is 31.4 Å². The predicted octanol–water partition coefficient (Wildman–Crippen LogP) is 4.49. The lowest BCUT2D eigenvalue weighted by molar-refractivity contribution is -0.133. The second kappa shape index (κ2) is 9.59. The summed E-state index contributed by atoms with van der Waals surface area (Å²) in [6, 6.07) is 7.98. The molecule has 0 atom stereocenters. The summed E-state index contributed by atoms with van der Waals surface area (Å²) in [5.41, 5.74) is 0. The van der Waals surface area contributed by atoms with Crippen LogP contribution in [0.2, 0.25) is 0 Å². The van der Waals surface area contributed by atoms with Gasteiger partial charge in [0.25, 0.3) is 5.89 Å². The Labute approximate surface area is 174 Å². The number of hydrogen-bond donors (Lipinski definition) is 0. The monoisotopic (exact) mass is 468 g/mol. The smallest absolute Gasteiger partial charge is 0.257 e. The van der Waals surface area contributed by atoms with Gasteiger partial charge in [-0.1, -0.05) is 13.0 Å². The summed E-state index contributed by atoms with van der Waals surface area (Å²) in [6.07, 6.45) is 0.874. The van der Waals surface area contributed by atoms with E-state index in [0.717, 1.165) is 21.6 Å². The summed E-state index contributed by atoms with van der Waals surface area (Å²) in [5.74, 6) is 1.03. The largest absolute Gasteiger partial charge is 0.418 e. The maximum absolute atomic E-state index is 12.8. The third kappa shape index (κ3) is 5.71. The van der Waals surface area contributed by atoms with Crippen LogP contribution in [-0.4, -0.2) is 46.0 Å². The Hall–Kier alpha value is -1.55. The highest BCUT2D eigenvalue weighted by molar-refractivity contribution is 9.11. The fraction of sp³-hybridized carbons (Fsp3) is 0.389. The molecule has 0 fully saturated rings. The first-order valence-corrected chi connectivity index (χ1v) is 11.1. The molecule has 27 heavy (non-hydrogen) atoms. The summed E-state index contributed by atoms with van der Waals surface area (Å²) in [4.78, 5) is 18.7. The fourth-order valence-electron chi connectivity index (χ4n) is 2.63. The number of carbonyl (C=O) groups is 1. The van der Waals surface area contributed by atoms with Crippen molar-refractivity contribution in [3.05, 3.63) is 44.2 Å². The van der Waals surface area contributed by atoms with Gasteiger partial charge < -0.3 is 9.32 Å². The molecule has 3 rings (SSSR count). The van der Waals surface area contributed by atoms with E-state index in [-0.39, 0.29) is 5.91 Å². The van der Waals surface area contributed by atoms with Crippen molar-refractivity contribution in [2.24, 2.45) is 0 Å². The number of aromatic nitrogens is 2. The van der Waals surface area contributed by atoms with Crippen LogP contribution >= 0.6 is 38.6 Å². The second-order valence-corrected chi connectivity index (χ2v) is 9.67. The molecule has 3 aromatic rings. The topological polar surface area (TPSA) is 62.5 Å². The number of likely N-dealkylation sites (N-methyl/N-ethyl adjacent to an activating group) is 1. The van der Waals surface area contributed by atoms with E-state index in [1.807, 2.05) is 35.5 Å². The van der Waals surface area contributed by atoms with E-state index in [9.17, 15) is 4.79 Å². The van der Waals surface area contributed by atoms with Crippen molar-refractivity contribution in [3.8, 4) is 10.8 Å². The lowest BCUT2D eigenvalue weighted by Gasteiger charge is -2.23. The van der Waals surface area contributed by atoms with E-state index < -0.39 is 0 Å². The van der Waals surface area contributed by atoms with E-state index in [4.69, 9.17) is 4.42 Å². The zero-order valence-electron chi connectivity index (χ0n) is 15.2. The minimum Gasteiger partial charge on any atom is -0.418 e. The van der Waals surface area contributed by atoms with Crippen molar-refractivity contribution >= 4 is 44.5 Å². The highest BCUT2D eigenvalue weighted by Crippen LogP contribution is 2.24. The van der Waals surface area contributed by atoms with Crippen molar-refractivity contribution in [1.82, 2.24) is 20.0 Å². The normalized spacial score (nSPS) is 11.3. The second-order valence-electron chi connectivity index (χ2n) is 6.17. The third-order valence-corrected chi connectivity index (χ3v) is 6.30. The first-order valence-electron chi connectivity index (χ1n) is 8.62. The molecule has 0 aliphatic carbocycles. The molecule has 0 aromatic carbocycles. The van der Waals surface area contributed by atoms with E-state index in [2.05, 4.69) is 39.1 Å². The standard InChI is InChI=1S/C18H21BrN4O2S2/c1-3-8-23(11-16-20-21-18(25-16)14-5-4-9-26-14)17(24)12-22(2)10-13-6-7-15(19)27-13/h4-7,9H,3,8,10-12H2,1-2H3. The maximum atomic E-state index is 12.8. The quantitative estimate of drug-likeness (QED) is 0.462. The van der Waals surface area contributed by atoms with Crippen LogP contribution in [0.1, 0.15) is 24.1 Å². The molecule has 1 amide bonds. The van der Waals surface area contributed by atoms with Gasteiger partial charge in [0.1, 0.15) is 0 Å². The predicted molar refractivity (Wildman–Crippen MR) is 112 cm³/mol. The van der Waals surface area contributed by atoms with Crippen molar-refractivity contribution < 1.29 is 9.21 Å².